The molecule has 0 bridgehead atoms. The summed E-state index contributed by atoms with van der Waals surface area (Å²) in [5, 5.41) is 3.42. The van der Waals surface area contributed by atoms with Gasteiger partial charge in [-0.1, -0.05) is 69.4 Å². The molecule has 0 aliphatic carbocycles. The Bertz CT molecular complexity index is 1150. The summed E-state index contributed by atoms with van der Waals surface area (Å²) in [6.45, 7) is 3.01. The van der Waals surface area contributed by atoms with E-state index < -0.39 is 0 Å². The number of hydrogen-bond donors (Lipinski definition) is 2. The van der Waals surface area contributed by atoms with Crippen molar-refractivity contribution in [2.24, 2.45) is 0 Å². The number of nitrogens with one attached hydrogen (secondary N) is 2. The van der Waals surface area contributed by atoms with E-state index in [9.17, 15) is 0 Å². The van der Waals surface area contributed by atoms with Gasteiger partial charge < -0.3 is 14.8 Å². The number of anilines is 3. The zero-order valence-electron chi connectivity index (χ0n) is 19.7. The first kappa shape index (κ1) is 23.9. The molecule has 0 amide bonds. The van der Waals surface area contributed by atoms with Crippen LogP contribution < -0.4 is 14.8 Å². The van der Waals surface area contributed by atoms with Gasteiger partial charge in [0, 0.05) is 10.6 Å². The summed E-state index contributed by atoms with van der Waals surface area (Å²) in [5.41, 5.74) is 2.63. The summed E-state index contributed by atoms with van der Waals surface area (Å²) >= 11 is 1.51. The van der Waals surface area contributed by atoms with Gasteiger partial charge in [-0.3, -0.25) is 0 Å². The molecule has 0 atom stereocenters. The minimum atomic E-state index is 0.683. The summed E-state index contributed by atoms with van der Waals surface area (Å²) < 4.78 is 9.28. The highest BCUT2D eigenvalue weighted by molar-refractivity contribution is 8.00. The zero-order valence-corrected chi connectivity index (χ0v) is 20.5. The van der Waals surface area contributed by atoms with Crippen LogP contribution in [0.25, 0.3) is 11.0 Å². The molecule has 0 saturated carbocycles. The fourth-order valence-electron chi connectivity index (χ4n) is 3.60. The Morgan fingerprint density at radius 2 is 1.35 bits per heavy atom. The first-order valence-corrected chi connectivity index (χ1v) is 12.9. The summed E-state index contributed by atoms with van der Waals surface area (Å²) in [4.78, 5) is 10.7. The Morgan fingerprint density at radius 1 is 0.706 bits per heavy atom. The van der Waals surface area contributed by atoms with E-state index in [-0.39, 0.29) is 0 Å². The Morgan fingerprint density at radius 3 is 2.09 bits per heavy atom. The quantitative estimate of drug-likeness (QED) is 0.151. The van der Waals surface area contributed by atoms with E-state index in [1.165, 1.54) is 44.1 Å². The second kappa shape index (κ2) is 12.8. The van der Waals surface area contributed by atoms with Gasteiger partial charge in [-0.25, -0.2) is 9.97 Å². The molecule has 0 saturated heterocycles. The van der Waals surface area contributed by atoms with Gasteiger partial charge in [0.05, 0.1) is 17.6 Å². The molecule has 1 heterocycles. The Labute approximate surface area is 206 Å². The van der Waals surface area contributed by atoms with Gasteiger partial charge in [0.25, 0.3) is 0 Å². The highest BCUT2D eigenvalue weighted by Gasteiger charge is 2.10. The molecule has 0 radical (unpaired) electrons. The van der Waals surface area contributed by atoms with Gasteiger partial charge in [-0.15, -0.1) is 0 Å². The van der Waals surface area contributed by atoms with Crippen molar-refractivity contribution in [2.45, 2.75) is 50.3 Å². The highest BCUT2D eigenvalue weighted by Crippen LogP contribution is 2.29. The maximum Gasteiger partial charge on any atom is 0.180 e. The van der Waals surface area contributed by atoms with Gasteiger partial charge in [0.1, 0.15) is 5.75 Å². The van der Waals surface area contributed by atoms with Gasteiger partial charge in [-0.05, 0) is 66.9 Å². The smallest absolute Gasteiger partial charge is 0.180 e. The lowest BCUT2D eigenvalue weighted by atomic mass is 10.1. The van der Waals surface area contributed by atoms with Crippen molar-refractivity contribution >= 4 is 40.3 Å². The predicted molar refractivity (Wildman–Crippen MR) is 144 cm³/mol. The largest absolute Gasteiger partial charge is 0.494 e. The average Bonchev–Trinajstić information content (AvgIpc) is 2.88. The zero-order chi connectivity index (χ0) is 23.4. The molecule has 6 heteroatoms. The van der Waals surface area contributed by atoms with Crippen molar-refractivity contribution in [3.05, 3.63) is 78.9 Å². The number of rotatable bonds is 13. The lowest BCUT2D eigenvalue weighted by Gasteiger charge is -2.13. The van der Waals surface area contributed by atoms with Crippen molar-refractivity contribution in [2.75, 3.05) is 16.6 Å². The second-order valence-electron chi connectivity index (χ2n) is 8.19. The lowest BCUT2D eigenvalue weighted by molar-refractivity contribution is 0.304. The molecule has 0 aliphatic rings. The van der Waals surface area contributed by atoms with Crippen LogP contribution in [-0.4, -0.2) is 16.6 Å². The highest BCUT2D eigenvalue weighted by atomic mass is 32.2. The summed E-state index contributed by atoms with van der Waals surface area (Å²) in [5.74, 6) is 2.26. The molecule has 4 rings (SSSR count). The van der Waals surface area contributed by atoms with Gasteiger partial charge in [0.15, 0.2) is 11.6 Å². The van der Waals surface area contributed by atoms with Crippen LogP contribution in [0.4, 0.5) is 17.3 Å². The van der Waals surface area contributed by atoms with Crippen molar-refractivity contribution in [1.82, 2.24) is 9.97 Å². The van der Waals surface area contributed by atoms with Crippen LogP contribution in [0, 0.1) is 0 Å². The van der Waals surface area contributed by atoms with Gasteiger partial charge >= 0.3 is 0 Å². The van der Waals surface area contributed by atoms with E-state index in [4.69, 9.17) is 14.7 Å². The van der Waals surface area contributed by atoms with E-state index in [2.05, 4.69) is 29.1 Å². The van der Waals surface area contributed by atoms with Crippen LogP contribution in [0.3, 0.4) is 0 Å². The van der Waals surface area contributed by atoms with E-state index >= 15 is 0 Å². The number of unbranched alkanes of at least 4 members (excludes halogenated alkanes) is 5. The molecule has 1 aromatic heterocycles. The molecule has 0 aliphatic heterocycles. The maximum absolute atomic E-state index is 5.92. The monoisotopic (exact) mass is 472 g/mol. The fraction of sp³-hybridized carbons (Fsp3) is 0.286. The Balaban J connectivity index is 1.39. The number of hydrogen-bond acceptors (Lipinski definition) is 6. The Hall–Kier alpha value is -3.25. The number of fused-ring (bicyclic) bond motifs is 1. The molecule has 176 valence electrons. The first-order valence-electron chi connectivity index (χ1n) is 12.1. The van der Waals surface area contributed by atoms with Crippen LogP contribution in [-0.2, 0) is 0 Å². The molecule has 3 aromatic carbocycles. The summed E-state index contributed by atoms with van der Waals surface area (Å²) in [7, 11) is 0. The lowest BCUT2D eigenvalue weighted by Crippen LogP contribution is -2.02. The maximum atomic E-state index is 5.92. The molecule has 0 spiro atoms. The topological polar surface area (TPSA) is 59.1 Å². The van der Waals surface area contributed by atoms with E-state index in [0.717, 1.165) is 40.4 Å². The standard InChI is InChI=1S/C28H32N4OS/c1-2-3-4-5-6-12-21-33-23-19-17-22(18-20-23)29-27-28(32-34-24-13-8-7-9-14-24)31-26-16-11-10-15-25(26)30-27/h7-11,13-20H,2-6,12,21H2,1H3,(H,29,30)(H,31,32). The Kier molecular flexibility index (Phi) is 9.03. The van der Waals surface area contributed by atoms with Crippen molar-refractivity contribution in [1.29, 1.82) is 0 Å². The molecular formula is C28H32N4OS. The predicted octanol–water partition coefficient (Wildman–Crippen LogP) is 8.23. The number of ether oxygens (including phenoxy) is 1. The second-order valence-corrected chi connectivity index (χ2v) is 9.07. The van der Waals surface area contributed by atoms with Crippen LogP contribution >= 0.6 is 11.9 Å². The third kappa shape index (κ3) is 7.12. The number of benzene rings is 3. The minimum absolute atomic E-state index is 0.683. The summed E-state index contributed by atoms with van der Waals surface area (Å²) in [6.07, 6.45) is 7.58. The van der Waals surface area contributed by atoms with E-state index in [1.807, 2.05) is 66.7 Å². The third-order valence-corrected chi connectivity index (χ3v) is 6.27. The fourth-order valence-corrected chi connectivity index (χ4v) is 4.25. The van der Waals surface area contributed by atoms with Crippen molar-refractivity contribution < 1.29 is 4.74 Å². The van der Waals surface area contributed by atoms with Crippen molar-refractivity contribution in [3.8, 4) is 5.75 Å². The normalized spacial score (nSPS) is 10.9. The van der Waals surface area contributed by atoms with Gasteiger partial charge in [0.2, 0.25) is 0 Å². The minimum Gasteiger partial charge on any atom is -0.494 e. The molecule has 34 heavy (non-hydrogen) atoms. The van der Waals surface area contributed by atoms with Gasteiger partial charge in [-0.2, -0.15) is 0 Å². The molecule has 2 N–H and O–H groups in total. The van der Waals surface area contributed by atoms with Crippen LogP contribution in [0.5, 0.6) is 5.75 Å². The van der Waals surface area contributed by atoms with Crippen LogP contribution in [0.2, 0.25) is 0 Å². The first-order chi connectivity index (χ1) is 16.8. The van der Waals surface area contributed by atoms with Crippen LogP contribution in [0.15, 0.2) is 83.8 Å². The number of nitrogens with zero attached hydrogens (tertiary/aromatic N) is 2. The van der Waals surface area contributed by atoms with Crippen LogP contribution in [0.1, 0.15) is 45.4 Å². The molecule has 0 fully saturated rings. The molecule has 0 unspecified atom stereocenters. The molecular weight excluding hydrogens is 440 g/mol. The third-order valence-electron chi connectivity index (χ3n) is 5.46. The number of aromatic nitrogens is 2. The van der Waals surface area contributed by atoms with Crippen molar-refractivity contribution in [3.63, 3.8) is 0 Å². The SMILES string of the molecule is CCCCCCCCOc1ccc(Nc2nc3ccccc3nc2NSc2ccccc2)cc1. The average molecular weight is 473 g/mol. The van der Waals surface area contributed by atoms with E-state index in [1.54, 1.807) is 0 Å². The number of para-hydroxylation sites is 2. The molecule has 5 nitrogen and oxygen atoms in total. The van der Waals surface area contributed by atoms with E-state index in [0.29, 0.717) is 11.6 Å². The molecule has 4 aromatic rings. The summed E-state index contributed by atoms with van der Waals surface area (Å²) in [6, 6.07) is 26.1.